The van der Waals surface area contributed by atoms with Gasteiger partial charge in [0.25, 0.3) is 0 Å². The average Bonchev–Trinajstić information content (AvgIpc) is 2.59. The van der Waals surface area contributed by atoms with E-state index in [0.717, 1.165) is 38.9 Å². The number of aromatic nitrogens is 3. The van der Waals surface area contributed by atoms with E-state index in [2.05, 4.69) is 30.9 Å². The van der Waals surface area contributed by atoms with Gasteiger partial charge in [-0.2, -0.15) is 0 Å². The Labute approximate surface area is 143 Å². The van der Waals surface area contributed by atoms with Crippen molar-refractivity contribution in [3.63, 3.8) is 0 Å². The lowest BCUT2D eigenvalue weighted by Gasteiger charge is -2.10. The molecule has 0 radical (unpaired) electrons. The Morgan fingerprint density at radius 1 is 0.583 bits per heavy atom. The van der Waals surface area contributed by atoms with Gasteiger partial charge in [0, 0.05) is 0 Å². The molecule has 1 heterocycles. The molecule has 0 unspecified atom stereocenters. The zero-order valence-electron chi connectivity index (χ0n) is 14.9. The van der Waals surface area contributed by atoms with Crippen molar-refractivity contribution in [3.05, 3.63) is 0 Å². The van der Waals surface area contributed by atoms with Crippen molar-refractivity contribution in [3.8, 4) is 18.0 Å². The Balaban J connectivity index is 2.58. The molecule has 0 aliphatic carbocycles. The summed E-state index contributed by atoms with van der Waals surface area (Å²) in [6.07, 6.45) is 2.58. The monoisotopic (exact) mass is 342 g/mol. The van der Waals surface area contributed by atoms with Gasteiger partial charge in [0.1, 0.15) is 0 Å². The molecule has 0 saturated carbocycles. The summed E-state index contributed by atoms with van der Waals surface area (Å²) >= 11 is 0. The minimum absolute atomic E-state index is 0.230. The van der Waals surface area contributed by atoms with E-state index in [0.29, 0.717) is 19.8 Å². The Kier molecular flexibility index (Phi) is 11.6. The van der Waals surface area contributed by atoms with Crippen LogP contribution >= 0.6 is 0 Å². The van der Waals surface area contributed by atoms with Crippen LogP contribution in [0.4, 0.5) is 0 Å². The second-order valence-corrected chi connectivity index (χ2v) is 5.10. The standard InChI is InChI=1S/C15H30N6O3/c1-16-7-4-10-22-13-19-14(23-11-5-8-17-2)21-15(20-13)24-12-6-9-18-3/h16-18H,4-12H2,1-3H3. The third kappa shape index (κ3) is 9.43. The number of hydrogen-bond donors (Lipinski definition) is 3. The maximum atomic E-state index is 5.56. The molecule has 0 aromatic carbocycles. The fraction of sp³-hybridized carbons (Fsp3) is 0.800. The maximum absolute atomic E-state index is 5.56. The maximum Gasteiger partial charge on any atom is 0.325 e. The smallest absolute Gasteiger partial charge is 0.325 e. The van der Waals surface area contributed by atoms with E-state index in [1.54, 1.807) is 0 Å². The molecule has 0 aliphatic heterocycles. The van der Waals surface area contributed by atoms with Crippen LogP contribution in [0.3, 0.4) is 0 Å². The van der Waals surface area contributed by atoms with Gasteiger partial charge in [-0.1, -0.05) is 0 Å². The van der Waals surface area contributed by atoms with Crippen LogP contribution in [0.25, 0.3) is 0 Å². The van der Waals surface area contributed by atoms with Gasteiger partial charge in [0.05, 0.1) is 19.8 Å². The van der Waals surface area contributed by atoms with Gasteiger partial charge in [-0.3, -0.25) is 0 Å². The molecule has 24 heavy (non-hydrogen) atoms. The van der Waals surface area contributed by atoms with Crippen LogP contribution in [0, 0.1) is 0 Å². The third-order valence-electron chi connectivity index (χ3n) is 2.98. The Bertz CT molecular complexity index is 361. The predicted octanol–water partition coefficient (Wildman–Crippen LogP) is -0.163. The molecule has 0 amide bonds. The lowest BCUT2D eigenvalue weighted by molar-refractivity contribution is 0.230. The quantitative estimate of drug-likeness (QED) is 0.375. The van der Waals surface area contributed by atoms with Gasteiger partial charge in [0.2, 0.25) is 0 Å². The van der Waals surface area contributed by atoms with Crippen LogP contribution in [0.2, 0.25) is 0 Å². The second kappa shape index (κ2) is 13.7. The highest BCUT2D eigenvalue weighted by molar-refractivity contribution is 5.09. The average molecular weight is 342 g/mol. The van der Waals surface area contributed by atoms with E-state index in [4.69, 9.17) is 14.2 Å². The summed E-state index contributed by atoms with van der Waals surface area (Å²) < 4.78 is 16.7. The summed E-state index contributed by atoms with van der Waals surface area (Å²) in [6, 6.07) is 0.690. The summed E-state index contributed by atoms with van der Waals surface area (Å²) in [6.45, 7) is 4.15. The van der Waals surface area contributed by atoms with Gasteiger partial charge < -0.3 is 30.2 Å². The molecule has 0 fully saturated rings. The zero-order valence-corrected chi connectivity index (χ0v) is 14.9. The topological polar surface area (TPSA) is 102 Å². The van der Waals surface area contributed by atoms with Crippen molar-refractivity contribution in [2.24, 2.45) is 0 Å². The first kappa shape index (κ1) is 20.3. The number of hydrogen-bond acceptors (Lipinski definition) is 9. The van der Waals surface area contributed by atoms with Crippen LogP contribution < -0.4 is 30.2 Å². The molecule has 0 atom stereocenters. The normalized spacial score (nSPS) is 10.6. The van der Waals surface area contributed by atoms with E-state index in [1.807, 2.05) is 21.1 Å². The van der Waals surface area contributed by atoms with Crippen LogP contribution in [-0.2, 0) is 0 Å². The predicted molar refractivity (Wildman–Crippen MR) is 91.9 cm³/mol. The van der Waals surface area contributed by atoms with E-state index in [-0.39, 0.29) is 18.0 Å². The van der Waals surface area contributed by atoms with Gasteiger partial charge in [0.15, 0.2) is 0 Å². The van der Waals surface area contributed by atoms with E-state index >= 15 is 0 Å². The highest BCUT2D eigenvalue weighted by atomic mass is 16.5. The van der Waals surface area contributed by atoms with Crippen LogP contribution in [0.1, 0.15) is 19.3 Å². The molecule has 1 aromatic heterocycles. The Hall–Kier alpha value is -1.71. The Morgan fingerprint density at radius 3 is 1.12 bits per heavy atom. The fourth-order valence-corrected chi connectivity index (χ4v) is 1.75. The number of nitrogens with one attached hydrogen (secondary N) is 3. The van der Waals surface area contributed by atoms with Crippen LogP contribution in [0.5, 0.6) is 18.0 Å². The zero-order chi connectivity index (χ0) is 17.5. The fourth-order valence-electron chi connectivity index (χ4n) is 1.75. The molecule has 138 valence electrons. The summed E-state index contributed by atoms with van der Waals surface area (Å²) in [5.74, 6) is 0. The van der Waals surface area contributed by atoms with Gasteiger partial charge in [-0.05, 0) is 60.0 Å². The van der Waals surface area contributed by atoms with Crippen molar-refractivity contribution in [1.29, 1.82) is 0 Å². The minimum Gasteiger partial charge on any atom is -0.463 e. The van der Waals surface area contributed by atoms with Crippen LogP contribution in [-0.4, -0.2) is 75.5 Å². The number of ether oxygens (including phenoxy) is 3. The minimum atomic E-state index is 0.230. The first-order chi connectivity index (χ1) is 11.8. The van der Waals surface area contributed by atoms with Crippen molar-refractivity contribution in [2.75, 3.05) is 60.6 Å². The van der Waals surface area contributed by atoms with Crippen molar-refractivity contribution >= 4 is 0 Å². The first-order valence-electron chi connectivity index (χ1n) is 8.38. The van der Waals surface area contributed by atoms with Gasteiger partial charge in [-0.25, -0.2) is 0 Å². The second-order valence-electron chi connectivity index (χ2n) is 5.10. The molecule has 9 heteroatoms. The summed E-state index contributed by atoms with van der Waals surface area (Å²) in [5.41, 5.74) is 0. The Morgan fingerprint density at radius 2 is 0.875 bits per heavy atom. The van der Waals surface area contributed by atoms with Gasteiger partial charge >= 0.3 is 18.0 Å². The van der Waals surface area contributed by atoms with E-state index in [1.165, 1.54) is 0 Å². The molecule has 3 N–H and O–H groups in total. The molecule has 9 nitrogen and oxygen atoms in total. The highest BCUT2D eigenvalue weighted by Crippen LogP contribution is 2.15. The van der Waals surface area contributed by atoms with E-state index < -0.39 is 0 Å². The number of rotatable bonds is 15. The summed E-state index contributed by atoms with van der Waals surface area (Å²) in [5, 5.41) is 9.19. The molecule has 0 saturated heterocycles. The van der Waals surface area contributed by atoms with Crippen LogP contribution in [0.15, 0.2) is 0 Å². The van der Waals surface area contributed by atoms with Crippen molar-refractivity contribution < 1.29 is 14.2 Å². The molecule has 0 bridgehead atoms. The number of nitrogens with zero attached hydrogens (tertiary/aromatic N) is 3. The van der Waals surface area contributed by atoms with Gasteiger partial charge in [-0.15, -0.1) is 15.0 Å². The largest absolute Gasteiger partial charge is 0.463 e. The summed E-state index contributed by atoms with van der Waals surface area (Å²) in [7, 11) is 5.70. The molecule has 1 rings (SSSR count). The highest BCUT2D eigenvalue weighted by Gasteiger charge is 2.10. The van der Waals surface area contributed by atoms with E-state index in [9.17, 15) is 0 Å². The first-order valence-corrected chi connectivity index (χ1v) is 8.38. The third-order valence-corrected chi connectivity index (χ3v) is 2.98. The lowest BCUT2D eigenvalue weighted by atomic mass is 10.4. The molecule has 0 spiro atoms. The molecule has 1 aromatic rings. The SMILES string of the molecule is CNCCCOc1nc(OCCCNC)nc(OCCCNC)n1. The van der Waals surface area contributed by atoms with Crippen molar-refractivity contribution in [1.82, 2.24) is 30.9 Å². The lowest BCUT2D eigenvalue weighted by Crippen LogP contribution is -2.15. The molecule has 0 aliphatic rings. The molecular weight excluding hydrogens is 312 g/mol. The van der Waals surface area contributed by atoms with Crippen molar-refractivity contribution in [2.45, 2.75) is 19.3 Å². The molecular formula is C15H30N6O3. The summed E-state index contributed by atoms with van der Waals surface area (Å²) in [4.78, 5) is 12.5.